The lowest BCUT2D eigenvalue weighted by Gasteiger charge is -2.31. The highest BCUT2D eigenvalue weighted by Gasteiger charge is 2.42. The number of anilines is 3. The molecule has 1 aliphatic carbocycles. The Morgan fingerprint density at radius 1 is 0.537 bits per heavy atom. The van der Waals surface area contributed by atoms with E-state index in [1.54, 1.807) is 0 Å². The summed E-state index contributed by atoms with van der Waals surface area (Å²) < 4.78 is 2.32. The lowest BCUT2D eigenvalue weighted by molar-refractivity contribution is 0.727. The monoisotopic (exact) mass is 690 g/mol. The lowest BCUT2D eigenvalue weighted by Crippen LogP contribution is -2.30. The van der Waals surface area contributed by atoms with E-state index < -0.39 is 0 Å². The number of nitrogens with one attached hydrogen (secondary N) is 1. The molecule has 2 aliphatic heterocycles. The van der Waals surface area contributed by atoms with Crippen LogP contribution >= 0.6 is 0 Å². The number of rotatable bonds is 2. The maximum atomic E-state index is 5.53. The van der Waals surface area contributed by atoms with E-state index in [2.05, 4.69) is 197 Å². The summed E-state index contributed by atoms with van der Waals surface area (Å²) in [7, 11) is 0. The molecular weight excluding hydrogens is 657 g/mol. The van der Waals surface area contributed by atoms with Gasteiger partial charge < -0.3 is 10.2 Å². The molecule has 9 aromatic rings. The molecule has 4 nitrogen and oxygen atoms in total. The van der Waals surface area contributed by atoms with E-state index in [-0.39, 0.29) is 18.0 Å². The summed E-state index contributed by atoms with van der Waals surface area (Å²) >= 11 is 0. The van der Waals surface area contributed by atoms with Crippen LogP contribution in [-0.4, -0.2) is 16.6 Å². The molecule has 0 spiro atoms. The predicted octanol–water partition coefficient (Wildman–Crippen LogP) is 12.2. The van der Waals surface area contributed by atoms with Gasteiger partial charge in [0.15, 0.2) is 0 Å². The zero-order chi connectivity index (χ0) is 35.3. The van der Waals surface area contributed by atoms with Crippen LogP contribution in [0.15, 0.2) is 181 Å². The van der Waals surface area contributed by atoms with Crippen LogP contribution in [0.2, 0.25) is 0 Å². The third-order valence-corrected chi connectivity index (χ3v) is 12.0. The number of hydrogen-bond donors (Lipinski definition) is 1. The van der Waals surface area contributed by atoms with E-state index in [4.69, 9.17) is 4.99 Å². The van der Waals surface area contributed by atoms with Crippen molar-refractivity contribution in [3.63, 3.8) is 0 Å². The van der Waals surface area contributed by atoms with Crippen LogP contribution in [0.4, 0.5) is 17.1 Å². The molecule has 3 heterocycles. The zero-order valence-corrected chi connectivity index (χ0v) is 29.4. The van der Waals surface area contributed by atoms with E-state index >= 15 is 0 Å². The van der Waals surface area contributed by atoms with Crippen LogP contribution < -0.4 is 10.2 Å². The molecule has 4 heteroatoms. The number of aromatic nitrogens is 1. The molecule has 3 unspecified atom stereocenters. The Hall–Kier alpha value is -6.91. The maximum absolute atomic E-state index is 5.53. The van der Waals surface area contributed by atoms with Gasteiger partial charge in [0.2, 0.25) is 5.96 Å². The smallest absolute Gasteiger partial charge is 0.208 e. The summed E-state index contributed by atoms with van der Waals surface area (Å²) in [5.41, 5.74) is 12.3. The molecule has 0 bridgehead atoms. The summed E-state index contributed by atoms with van der Waals surface area (Å²) in [5.74, 6) is 1.06. The number of para-hydroxylation sites is 2. The van der Waals surface area contributed by atoms with E-state index in [1.165, 1.54) is 71.5 Å². The van der Waals surface area contributed by atoms with Crippen LogP contribution in [0, 0.1) is 0 Å². The highest BCUT2D eigenvalue weighted by atomic mass is 15.2. The van der Waals surface area contributed by atoms with Gasteiger partial charge in [-0.15, -0.1) is 0 Å². The highest BCUT2D eigenvalue weighted by Crippen LogP contribution is 2.54. The van der Waals surface area contributed by atoms with Gasteiger partial charge in [-0.1, -0.05) is 140 Å². The summed E-state index contributed by atoms with van der Waals surface area (Å²) in [6, 6.07) is 62.1. The van der Waals surface area contributed by atoms with Crippen LogP contribution in [0.1, 0.15) is 39.8 Å². The Labute approximate surface area is 312 Å². The molecule has 1 aromatic heterocycles. The van der Waals surface area contributed by atoms with Gasteiger partial charge >= 0.3 is 0 Å². The van der Waals surface area contributed by atoms with E-state index in [0.717, 1.165) is 22.7 Å². The normalized spacial score (nSPS) is 18.3. The number of fused-ring (bicyclic) bond motifs is 12. The molecule has 8 aromatic carbocycles. The third kappa shape index (κ3) is 4.22. The van der Waals surface area contributed by atoms with Gasteiger partial charge in [-0.25, -0.2) is 4.99 Å². The fourth-order valence-electron chi connectivity index (χ4n) is 9.58. The fourth-order valence-corrected chi connectivity index (χ4v) is 9.58. The minimum atomic E-state index is -0.147. The second-order valence-corrected chi connectivity index (χ2v) is 14.8. The number of nitrogens with zero attached hydrogens (tertiary/aromatic N) is 3. The molecular formula is C50H34N4. The van der Waals surface area contributed by atoms with Crippen LogP contribution in [-0.2, 0) is 0 Å². The molecule has 0 saturated heterocycles. The summed E-state index contributed by atoms with van der Waals surface area (Å²) in [4.78, 5) is 8.10. The van der Waals surface area contributed by atoms with Crippen molar-refractivity contribution in [3.05, 3.63) is 204 Å². The number of hydrogen-bond acceptors (Lipinski definition) is 3. The first kappa shape index (κ1) is 29.6. The SMILES string of the molecule is C1=CC2C(c3ccccc31)c1c(ccc3ccccc13)N2c1ccc2c(c1)c1ccccc1n2C1=NC(c2ccc3ccccc3c2)c2ccccc2N1. The standard InChI is InChI=1S/C50H34N4/c1-2-14-34-29-35(22-21-31(34)11-1)49-40-18-7-9-19-42(40)51-50(52-49)54-43-20-10-8-17-39(43)41-30-36(25-28-44(41)54)53-45-26-23-32-12-3-5-15-37(32)47(45)48-38-16-6-4-13-33(38)24-27-46(48)53/h1-30,45,47,49H,(H,51,52). The highest BCUT2D eigenvalue weighted by molar-refractivity contribution is 6.17. The van der Waals surface area contributed by atoms with Gasteiger partial charge in [-0.3, -0.25) is 4.57 Å². The summed E-state index contributed by atoms with van der Waals surface area (Å²) in [5, 5.41) is 11.3. The van der Waals surface area contributed by atoms with E-state index in [9.17, 15) is 0 Å². The van der Waals surface area contributed by atoms with Crippen LogP contribution in [0.5, 0.6) is 0 Å². The largest absolute Gasteiger partial charge is 0.333 e. The Morgan fingerprint density at radius 2 is 1.26 bits per heavy atom. The van der Waals surface area contributed by atoms with Gasteiger partial charge in [0, 0.05) is 39.3 Å². The quantitative estimate of drug-likeness (QED) is 0.196. The van der Waals surface area contributed by atoms with Crippen molar-refractivity contribution >= 4 is 72.4 Å². The minimum absolute atomic E-state index is 0.147. The summed E-state index contributed by atoms with van der Waals surface area (Å²) in [6.07, 6.45) is 4.74. The van der Waals surface area contributed by atoms with Crippen molar-refractivity contribution in [2.45, 2.75) is 18.0 Å². The van der Waals surface area contributed by atoms with Gasteiger partial charge in [0.25, 0.3) is 0 Å². The van der Waals surface area contributed by atoms with Crippen molar-refractivity contribution in [2.24, 2.45) is 4.99 Å². The van der Waals surface area contributed by atoms with Crippen LogP contribution in [0.3, 0.4) is 0 Å². The van der Waals surface area contributed by atoms with Crippen LogP contribution in [0.25, 0.3) is 49.4 Å². The molecule has 254 valence electrons. The van der Waals surface area contributed by atoms with E-state index in [0.29, 0.717) is 0 Å². The minimum Gasteiger partial charge on any atom is -0.333 e. The fraction of sp³-hybridized carbons (Fsp3) is 0.0600. The van der Waals surface area contributed by atoms with Crippen molar-refractivity contribution in [1.82, 2.24) is 4.57 Å². The van der Waals surface area contributed by atoms with Gasteiger partial charge in [0.05, 0.1) is 17.1 Å². The third-order valence-electron chi connectivity index (χ3n) is 12.0. The molecule has 1 N–H and O–H groups in total. The van der Waals surface area contributed by atoms with Gasteiger partial charge in [-0.05, 0) is 86.3 Å². The zero-order valence-electron chi connectivity index (χ0n) is 29.4. The second-order valence-electron chi connectivity index (χ2n) is 14.8. The Bertz CT molecular complexity index is 3080. The first-order chi connectivity index (χ1) is 26.8. The Kier molecular flexibility index (Phi) is 6.20. The van der Waals surface area contributed by atoms with Crippen molar-refractivity contribution in [2.75, 3.05) is 10.2 Å². The van der Waals surface area contributed by atoms with Crippen molar-refractivity contribution < 1.29 is 0 Å². The predicted molar refractivity (Wildman–Crippen MR) is 225 cm³/mol. The average Bonchev–Trinajstić information content (AvgIpc) is 3.76. The van der Waals surface area contributed by atoms with Crippen molar-refractivity contribution in [1.29, 1.82) is 0 Å². The first-order valence-corrected chi connectivity index (χ1v) is 18.8. The molecule has 0 amide bonds. The molecule has 12 rings (SSSR count). The van der Waals surface area contributed by atoms with Gasteiger partial charge in [-0.2, -0.15) is 0 Å². The Morgan fingerprint density at radius 3 is 2.19 bits per heavy atom. The number of aliphatic imine (C=N–C) groups is 1. The molecule has 54 heavy (non-hydrogen) atoms. The Balaban J connectivity index is 1.05. The van der Waals surface area contributed by atoms with Crippen molar-refractivity contribution in [3.8, 4) is 0 Å². The second kappa shape index (κ2) is 11.3. The number of benzene rings is 8. The molecule has 0 saturated carbocycles. The first-order valence-electron chi connectivity index (χ1n) is 18.8. The lowest BCUT2D eigenvalue weighted by atomic mass is 9.80. The molecule has 0 fully saturated rings. The summed E-state index contributed by atoms with van der Waals surface area (Å²) in [6.45, 7) is 0. The molecule has 3 aliphatic rings. The maximum Gasteiger partial charge on any atom is 0.208 e. The van der Waals surface area contributed by atoms with E-state index in [1.807, 2.05) is 0 Å². The molecule has 0 radical (unpaired) electrons. The van der Waals surface area contributed by atoms with Gasteiger partial charge in [0.1, 0.15) is 6.04 Å². The topological polar surface area (TPSA) is 32.6 Å². The molecule has 3 atom stereocenters. The average molecular weight is 691 g/mol.